The summed E-state index contributed by atoms with van der Waals surface area (Å²) in [5.41, 5.74) is 1.19. The molecule has 0 spiro atoms. The van der Waals surface area contributed by atoms with Crippen LogP contribution in [-0.2, 0) is 11.3 Å². The Balaban J connectivity index is 1.74. The molecule has 0 aliphatic heterocycles. The van der Waals surface area contributed by atoms with Crippen molar-refractivity contribution in [2.24, 2.45) is 5.92 Å². The average molecular weight is 242 g/mol. The Morgan fingerprint density at radius 3 is 2.65 bits per heavy atom. The van der Waals surface area contributed by atoms with Gasteiger partial charge in [-0.05, 0) is 47.5 Å². The normalized spacial score (nSPS) is 14.8. The third kappa shape index (κ3) is 2.47. The molecule has 0 unspecified atom stereocenters. The molecule has 0 saturated heterocycles. The zero-order valence-electron chi connectivity index (χ0n) is 9.56. The van der Waals surface area contributed by atoms with Crippen molar-refractivity contribution in [1.29, 1.82) is 0 Å². The van der Waals surface area contributed by atoms with E-state index in [0.29, 0.717) is 12.5 Å². The monoisotopic (exact) mass is 242 g/mol. The van der Waals surface area contributed by atoms with Gasteiger partial charge < -0.3 is 4.74 Å². The average Bonchev–Trinajstić information content (AvgIpc) is 3.20. The molecule has 86 valence electrons. The van der Waals surface area contributed by atoms with Gasteiger partial charge in [0, 0.05) is 5.92 Å². The maximum Gasteiger partial charge on any atom is 0.163 e. The lowest BCUT2D eigenvalue weighted by molar-refractivity contribution is 0.290. The summed E-state index contributed by atoms with van der Waals surface area (Å²) >= 11 is 5.21. The van der Waals surface area contributed by atoms with Gasteiger partial charge in [-0.1, -0.05) is 36.4 Å². The number of rotatable bonds is 3. The first kappa shape index (κ1) is 10.7. The second-order valence-corrected chi connectivity index (χ2v) is 4.97. The minimum Gasteiger partial charge on any atom is -0.482 e. The van der Waals surface area contributed by atoms with E-state index in [9.17, 15) is 0 Å². The van der Waals surface area contributed by atoms with E-state index in [2.05, 4.69) is 42.5 Å². The minimum absolute atomic E-state index is 0.547. The SMILES string of the molecule is S=C(OCc1ccc2ccccc2c1)C1CC1. The molecule has 0 radical (unpaired) electrons. The number of thiocarbonyl (C=S) groups is 1. The first-order chi connectivity index (χ1) is 8.33. The summed E-state index contributed by atoms with van der Waals surface area (Å²) in [6.07, 6.45) is 2.41. The summed E-state index contributed by atoms with van der Waals surface area (Å²) < 4.78 is 5.63. The number of benzene rings is 2. The van der Waals surface area contributed by atoms with E-state index in [1.165, 1.54) is 29.2 Å². The van der Waals surface area contributed by atoms with E-state index >= 15 is 0 Å². The molecule has 0 aromatic heterocycles. The van der Waals surface area contributed by atoms with Gasteiger partial charge in [0.15, 0.2) is 5.05 Å². The zero-order valence-corrected chi connectivity index (χ0v) is 10.4. The fourth-order valence-corrected chi connectivity index (χ4v) is 2.21. The molecule has 1 saturated carbocycles. The highest BCUT2D eigenvalue weighted by Crippen LogP contribution is 2.31. The molecule has 2 heteroatoms. The molecule has 1 aliphatic carbocycles. The van der Waals surface area contributed by atoms with E-state index in [1.807, 2.05) is 0 Å². The van der Waals surface area contributed by atoms with E-state index in [1.54, 1.807) is 0 Å². The molecule has 0 amide bonds. The van der Waals surface area contributed by atoms with Crippen molar-refractivity contribution in [3.8, 4) is 0 Å². The second kappa shape index (κ2) is 4.46. The summed E-state index contributed by atoms with van der Waals surface area (Å²) in [6, 6.07) is 14.8. The molecule has 2 aromatic rings. The fraction of sp³-hybridized carbons (Fsp3) is 0.267. The van der Waals surface area contributed by atoms with Crippen molar-refractivity contribution in [1.82, 2.24) is 0 Å². The Labute approximate surface area is 106 Å². The summed E-state index contributed by atoms with van der Waals surface area (Å²) in [6.45, 7) is 0.597. The van der Waals surface area contributed by atoms with Crippen molar-refractivity contribution in [3.05, 3.63) is 48.0 Å². The molecular weight excluding hydrogens is 228 g/mol. The van der Waals surface area contributed by atoms with Crippen LogP contribution < -0.4 is 0 Å². The van der Waals surface area contributed by atoms with Crippen LogP contribution in [0, 0.1) is 5.92 Å². The van der Waals surface area contributed by atoms with Gasteiger partial charge in [0.05, 0.1) is 0 Å². The quantitative estimate of drug-likeness (QED) is 0.750. The number of hydrogen-bond donors (Lipinski definition) is 0. The Morgan fingerprint density at radius 2 is 1.88 bits per heavy atom. The van der Waals surface area contributed by atoms with Gasteiger partial charge in [0.2, 0.25) is 0 Å². The van der Waals surface area contributed by atoms with Gasteiger partial charge in [0.25, 0.3) is 0 Å². The number of ether oxygens (including phenoxy) is 1. The molecule has 17 heavy (non-hydrogen) atoms. The van der Waals surface area contributed by atoms with E-state index in [4.69, 9.17) is 17.0 Å². The van der Waals surface area contributed by atoms with Crippen LogP contribution in [0.1, 0.15) is 18.4 Å². The predicted molar refractivity (Wildman–Crippen MR) is 74.1 cm³/mol. The topological polar surface area (TPSA) is 9.23 Å². The van der Waals surface area contributed by atoms with E-state index in [0.717, 1.165) is 5.05 Å². The summed E-state index contributed by atoms with van der Waals surface area (Å²) in [7, 11) is 0. The van der Waals surface area contributed by atoms with Crippen LogP contribution in [0.2, 0.25) is 0 Å². The highest BCUT2D eigenvalue weighted by atomic mass is 32.1. The lowest BCUT2D eigenvalue weighted by Gasteiger charge is -2.07. The minimum atomic E-state index is 0.547. The maximum absolute atomic E-state index is 5.63. The first-order valence-corrected chi connectivity index (χ1v) is 6.38. The van der Waals surface area contributed by atoms with Crippen molar-refractivity contribution in [2.45, 2.75) is 19.4 Å². The lowest BCUT2D eigenvalue weighted by Crippen LogP contribution is -2.03. The molecule has 2 aromatic carbocycles. The van der Waals surface area contributed by atoms with Crippen LogP contribution >= 0.6 is 12.2 Å². The Kier molecular flexibility index (Phi) is 2.81. The summed E-state index contributed by atoms with van der Waals surface area (Å²) in [4.78, 5) is 0. The maximum atomic E-state index is 5.63. The first-order valence-electron chi connectivity index (χ1n) is 5.97. The van der Waals surface area contributed by atoms with E-state index < -0.39 is 0 Å². The van der Waals surface area contributed by atoms with Crippen LogP contribution in [0.5, 0.6) is 0 Å². The number of fused-ring (bicyclic) bond motifs is 1. The van der Waals surface area contributed by atoms with Crippen LogP contribution in [0.3, 0.4) is 0 Å². The van der Waals surface area contributed by atoms with Crippen LogP contribution in [0.15, 0.2) is 42.5 Å². The number of hydrogen-bond acceptors (Lipinski definition) is 2. The standard InChI is InChI=1S/C15H14OS/c17-15(13-7-8-13)16-10-11-5-6-12-3-1-2-4-14(12)9-11/h1-6,9,13H,7-8,10H2. The lowest BCUT2D eigenvalue weighted by atomic mass is 10.1. The molecule has 0 atom stereocenters. The summed E-state index contributed by atoms with van der Waals surface area (Å²) in [5.74, 6) is 0.547. The molecule has 1 nitrogen and oxygen atoms in total. The van der Waals surface area contributed by atoms with Crippen LogP contribution in [-0.4, -0.2) is 5.05 Å². The fourth-order valence-electron chi connectivity index (χ4n) is 1.92. The van der Waals surface area contributed by atoms with Crippen LogP contribution in [0.4, 0.5) is 0 Å². The van der Waals surface area contributed by atoms with Gasteiger partial charge in [-0.25, -0.2) is 0 Å². The van der Waals surface area contributed by atoms with Gasteiger partial charge in [-0.2, -0.15) is 0 Å². The van der Waals surface area contributed by atoms with Crippen molar-refractivity contribution in [3.63, 3.8) is 0 Å². The third-order valence-corrected chi connectivity index (χ3v) is 3.56. The van der Waals surface area contributed by atoms with Gasteiger partial charge in [-0.15, -0.1) is 0 Å². The smallest absolute Gasteiger partial charge is 0.163 e. The predicted octanol–water partition coefficient (Wildman–Crippen LogP) is 4.09. The molecule has 0 heterocycles. The largest absolute Gasteiger partial charge is 0.482 e. The third-order valence-electron chi connectivity index (χ3n) is 3.11. The molecule has 0 N–H and O–H groups in total. The van der Waals surface area contributed by atoms with Crippen molar-refractivity contribution < 1.29 is 4.74 Å². The van der Waals surface area contributed by atoms with Gasteiger partial charge in [-0.3, -0.25) is 0 Å². The Morgan fingerprint density at radius 1 is 1.12 bits per heavy atom. The Hall–Kier alpha value is -1.41. The Bertz CT molecular complexity index is 558. The summed E-state index contributed by atoms with van der Waals surface area (Å²) in [5, 5.41) is 3.31. The van der Waals surface area contributed by atoms with Gasteiger partial charge in [0.1, 0.15) is 6.61 Å². The van der Waals surface area contributed by atoms with Crippen molar-refractivity contribution in [2.75, 3.05) is 0 Å². The molecule has 1 fully saturated rings. The van der Waals surface area contributed by atoms with Crippen LogP contribution in [0.25, 0.3) is 10.8 Å². The molecule has 0 bridgehead atoms. The highest BCUT2D eigenvalue weighted by Gasteiger charge is 2.27. The van der Waals surface area contributed by atoms with Gasteiger partial charge >= 0.3 is 0 Å². The molecular formula is C15H14OS. The highest BCUT2D eigenvalue weighted by molar-refractivity contribution is 7.80. The zero-order chi connectivity index (χ0) is 11.7. The van der Waals surface area contributed by atoms with E-state index in [-0.39, 0.29) is 0 Å². The molecule has 3 rings (SSSR count). The van der Waals surface area contributed by atoms with Crippen molar-refractivity contribution >= 4 is 28.0 Å². The second-order valence-electron chi connectivity index (χ2n) is 4.56. The molecule has 1 aliphatic rings.